The maximum atomic E-state index is 11.1. The summed E-state index contributed by atoms with van der Waals surface area (Å²) in [5.74, 6) is -0.108. The monoisotopic (exact) mass is 250 g/mol. The first-order chi connectivity index (χ1) is 8.56. The maximum Gasteiger partial charge on any atom is 0.335 e. The molecule has 0 aliphatic carbocycles. The second kappa shape index (κ2) is 5.35. The summed E-state index contributed by atoms with van der Waals surface area (Å²) in [7, 11) is 0. The van der Waals surface area contributed by atoms with Crippen LogP contribution >= 0.6 is 0 Å². The molecule has 1 aromatic rings. The molecule has 1 unspecified atom stereocenters. The van der Waals surface area contributed by atoms with E-state index < -0.39 is 5.97 Å². The van der Waals surface area contributed by atoms with Gasteiger partial charge >= 0.3 is 5.97 Å². The summed E-state index contributed by atoms with van der Waals surface area (Å²) in [6.45, 7) is 5.39. The smallest absolute Gasteiger partial charge is 0.335 e. The molecule has 1 aliphatic heterocycles. The molecule has 0 aromatic carbocycles. The van der Waals surface area contributed by atoms with E-state index in [0.29, 0.717) is 12.4 Å². The first-order valence-corrected chi connectivity index (χ1v) is 6.16. The molecule has 5 heteroatoms. The Kier molecular flexibility index (Phi) is 3.81. The number of carbonyl (C=O) groups is 1. The summed E-state index contributed by atoms with van der Waals surface area (Å²) in [5.41, 5.74) is 1.06. The van der Waals surface area contributed by atoms with Crippen molar-refractivity contribution in [3.05, 3.63) is 23.4 Å². The number of carboxylic acid groups (broad SMARTS) is 1. The van der Waals surface area contributed by atoms with Crippen molar-refractivity contribution < 1.29 is 14.6 Å². The van der Waals surface area contributed by atoms with Gasteiger partial charge in [0.1, 0.15) is 5.82 Å². The molecule has 2 heterocycles. The summed E-state index contributed by atoms with van der Waals surface area (Å²) in [5, 5.41) is 12.3. The van der Waals surface area contributed by atoms with Crippen LogP contribution in [0.1, 0.15) is 42.2 Å². The minimum atomic E-state index is -0.926. The topological polar surface area (TPSA) is 71.5 Å². The highest BCUT2D eigenvalue weighted by molar-refractivity contribution is 5.88. The molecule has 0 saturated carbocycles. The van der Waals surface area contributed by atoms with E-state index in [4.69, 9.17) is 9.84 Å². The number of hydrogen-bond donors (Lipinski definition) is 2. The highest BCUT2D eigenvalue weighted by Gasteiger charge is 2.17. The van der Waals surface area contributed by atoms with Crippen LogP contribution in [0.5, 0.6) is 0 Å². The number of ether oxygens (including phenoxy) is 1. The van der Waals surface area contributed by atoms with Crippen LogP contribution in [0.4, 0.5) is 5.82 Å². The van der Waals surface area contributed by atoms with Crippen LogP contribution in [0.3, 0.4) is 0 Å². The van der Waals surface area contributed by atoms with Gasteiger partial charge in [0.05, 0.1) is 18.2 Å². The number of rotatable bonds is 4. The molecule has 18 heavy (non-hydrogen) atoms. The number of anilines is 1. The molecule has 0 spiro atoms. The van der Waals surface area contributed by atoms with Gasteiger partial charge in [-0.05, 0) is 24.5 Å². The van der Waals surface area contributed by atoms with Crippen LogP contribution in [0.15, 0.2) is 12.1 Å². The van der Waals surface area contributed by atoms with Gasteiger partial charge in [0.2, 0.25) is 0 Å². The summed E-state index contributed by atoms with van der Waals surface area (Å²) in [4.78, 5) is 15.5. The third-order valence-corrected chi connectivity index (χ3v) is 2.97. The van der Waals surface area contributed by atoms with Crippen molar-refractivity contribution in [2.24, 2.45) is 0 Å². The highest BCUT2D eigenvalue weighted by Crippen LogP contribution is 2.19. The molecule has 1 aromatic heterocycles. The minimum absolute atomic E-state index is 0.199. The number of aromatic carboxylic acids is 1. The Morgan fingerprint density at radius 2 is 2.33 bits per heavy atom. The van der Waals surface area contributed by atoms with E-state index in [0.717, 1.165) is 18.7 Å². The second-order valence-electron chi connectivity index (χ2n) is 4.83. The lowest BCUT2D eigenvalue weighted by Crippen LogP contribution is -2.20. The molecule has 98 valence electrons. The first-order valence-electron chi connectivity index (χ1n) is 6.16. The average Bonchev–Trinajstić information content (AvgIpc) is 2.81. The molecule has 5 nitrogen and oxygen atoms in total. The lowest BCUT2D eigenvalue weighted by atomic mass is 10.1. The molecule has 1 aliphatic rings. The zero-order valence-electron chi connectivity index (χ0n) is 10.6. The summed E-state index contributed by atoms with van der Waals surface area (Å²) < 4.78 is 5.28. The van der Waals surface area contributed by atoms with Crippen molar-refractivity contribution in [1.29, 1.82) is 0 Å². The molecule has 1 fully saturated rings. The third kappa shape index (κ3) is 2.98. The Balaban J connectivity index is 2.24. The lowest BCUT2D eigenvalue weighted by Gasteiger charge is -2.14. The van der Waals surface area contributed by atoms with Gasteiger partial charge in [0.25, 0.3) is 0 Å². The maximum absolute atomic E-state index is 11.1. The van der Waals surface area contributed by atoms with Gasteiger partial charge in [0, 0.05) is 12.3 Å². The van der Waals surface area contributed by atoms with E-state index in [1.54, 1.807) is 12.1 Å². The first kappa shape index (κ1) is 12.8. The highest BCUT2D eigenvalue weighted by atomic mass is 16.5. The van der Waals surface area contributed by atoms with Gasteiger partial charge in [-0.15, -0.1) is 0 Å². The Bertz CT molecular complexity index is 440. The zero-order chi connectivity index (χ0) is 13.1. The normalized spacial score (nSPS) is 19.2. The lowest BCUT2D eigenvalue weighted by molar-refractivity contribution is 0.0696. The van der Waals surface area contributed by atoms with Crippen molar-refractivity contribution in [1.82, 2.24) is 4.98 Å². The average molecular weight is 250 g/mol. The summed E-state index contributed by atoms with van der Waals surface area (Å²) in [6, 6.07) is 3.43. The molecule has 0 amide bonds. The number of pyridine rings is 1. The number of nitrogens with one attached hydrogen (secondary N) is 1. The fourth-order valence-electron chi connectivity index (χ4n) is 1.90. The predicted molar refractivity (Wildman–Crippen MR) is 68.1 cm³/mol. The SMILES string of the molecule is CC(C)c1cc(C(=O)O)cc(NC2CCOC2)n1. The van der Waals surface area contributed by atoms with Gasteiger partial charge in [-0.1, -0.05) is 13.8 Å². The van der Waals surface area contributed by atoms with Crippen LogP contribution in [0.2, 0.25) is 0 Å². The van der Waals surface area contributed by atoms with Crippen LogP contribution in [-0.2, 0) is 4.74 Å². The number of aromatic nitrogens is 1. The van der Waals surface area contributed by atoms with Gasteiger partial charge in [-0.2, -0.15) is 0 Å². The van der Waals surface area contributed by atoms with Crippen LogP contribution in [0.25, 0.3) is 0 Å². The van der Waals surface area contributed by atoms with Crippen LogP contribution < -0.4 is 5.32 Å². The summed E-state index contributed by atoms with van der Waals surface area (Å²) in [6.07, 6.45) is 0.927. The molecular weight excluding hydrogens is 232 g/mol. The molecule has 1 atom stereocenters. The second-order valence-corrected chi connectivity index (χ2v) is 4.83. The predicted octanol–water partition coefficient (Wildman–Crippen LogP) is 2.10. The summed E-state index contributed by atoms with van der Waals surface area (Å²) >= 11 is 0. The van der Waals surface area contributed by atoms with Crippen molar-refractivity contribution in [3.8, 4) is 0 Å². The Morgan fingerprint density at radius 3 is 2.89 bits per heavy atom. The van der Waals surface area contributed by atoms with Crippen molar-refractivity contribution >= 4 is 11.8 Å². The molecule has 2 rings (SSSR count). The minimum Gasteiger partial charge on any atom is -0.478 e. The van der Waals surface area contributed by atoms with E-state index in [-0.39, 0.29) is 17.5 Å². The number of nitrogens with zero attached hydrogens (tertiary/aromatic N) is 1. The Labute approximate surface area is 106 Å². The largest absolute Gasteiger partial charge is 0.478 e. The third-order valence-electron chi connectivity index (χ3n) is 2.97. The van der Waals surface area contributed by atoms with Gasteiger partial charge < -0.3 is 15.2 Å². The van der Waals surface area contributed by atoms with Gasteiger partial charge in [-0.3, -0.25) is 0 Å². The van der Waals surface area contributed by atoms with E-state index >= 15 is 0 Å². The number of hydrogen-bond acceptors (Lipinski definition) is 4. The van der Waals surface area contributed by atoms with Gasteiger partial charge in [0.15, 0.2) is 0 Å². The quantitative estimate of drug-likeness (QED) is 0.856. The Morgan fingerprint density at radius 1 is 1.56 bits per heavy atom. The van der Waals surface area contributed by atoms with E-state index in [1.807, 2.05) is 13.8 Å². The van der Waals surface area contributed by atoms with E-state index in [1.165, 1.54) is 0 Å². The standard InChI is InChI=1S/C13H18N2O3/c1-8(2)11-5-9(13(16)17)6-12(15-11)14-10-3-4-18-7-10/h5-6,8,10H,3-4,7H2,1-2H3,(H,14,15)(H,16,17). The molecular formula is C13H18N2O3. The van der Waals surface area contributed by atoms with Crippen LogP contribution in [-0.4, -0.2) is 35.3 Å². The van der Waals surface area contributed by atoms with Crippen molar-refractivity contribution in [2.45, 2.75) is 32.2 Å². The molecule has 1 saturated heterocycles. The van der Waals surface area contributed by atoms with Crippen molar-refractivity contribution in [3.63, 3.8) is 0 Å². The molecule has 0 radical (unpaired) electrons. The van der Waals surface area contributed by atoms with Crippen LogP contribution in [0, 0.1) is 0 Å². The van der Waals surface area contributed by atoms with E-state index in [9.17, 15) is 4.79 Å². The molecule has 2 N–H and O–H groups in total. The molecule has 0 bridgehead atoms. The van der Waals surface area contributed by atoms with Gasteiger partial charge in [-0.25, -0.2) is 9.78 Å². The Hall–Kier alpha value is -1.62. The fourth-order valence-corrected chi connectivity index (χ4v) is 1.90. The fraction of sp³-hybridized carbons (Fsp3) is 0.538. The number of carboxylic acids is 1. The zero-order valence-corrected chi connectivity index (χ0v) is 10.6. The van der Waals surface area contributed by atoms with E-state index in [2.05, 4.69) is 10.3 Å². The van der Waals surface area contributed by atoms with Crippen molar-refractivity contribution in [2.75, 3.05) is 18.5 Å².